The Kier molecular flexibility index (Phi) is 4.08. The third kappa shape index (κ3) is 2.76. The minimum absolute atomic E-state index is 0.518. The number of aliphatic carboxylic acids is 1. The third-order valence-electron chi connectivity index (χ3n) is 2.77. The summed E-state index contributed by atoms with van der Waals surface area (Å²) in [4.78, 5) is 12.9. The Morgan fingerprint density at radius 3 is 2.78 bits per heavy atom. The summed E-state index contributed by atoms with van der Waals surface area (Å²) in [5, 5.41) is 9.13. The fourth-order valence-corrected chi connectivity index (χ4v) is 3.13. The molecule has 1 saturated heterocycles. The molecule has 0 unspecified atom stereocenters. The lowest BCUT2D eigenvalue weighted by molar-refractivity contribution is -0.140. The van der Waals surface area contributed by atoms with E-state index >= 15 is 0 Å². The lowest BCUT2D eigenvalue weighted by Crippen LogP contribution is -2.38. The Bertz CT molecular complexity index is 461. The summed E-state index contributed by atoms with van der Waals surface area (Å²) in [5.41, 5.74) is 1.02. The van der Waals surface area contributed by atoms with Crippen LogP contribution in [0.4, 0.5) is 0 Å². The van der Waals surface area contributed by atoms with Crippen molar-refractivity contribution in [3.8, 4) is 5.75 Å². The quantitative estimate of drug-likeness (QED) is 0.853. The molecule has 4 nitrogen and oxygen atoms in total. The highest BCUT2D eigenvalue weighted by molar-refractivity contribution is 8.23. The molecule has 2 rings (SSSR count). The van der Waals surface area contributed by atoms with Gasteiger partial charge in [0.1, 0.15) is 16.1 Å². The van der Waals surface area contributed by atoms with Crippen molar-refractivity contribution < 1.29 is 14.6 Å². The van der Waals surface area contributed by atoms with Gasteiger partial charge in [0.2, 0.25) is 0 Å². The number of methoxy groups -OCH3 is 1. The second-order valence-electron chi connectivity index (χ2n) is 3.91. The van der Waals surface area contributed by atoms with Gasteiger partial charge in [0, 0.05) is 12.3 Å². The first-order valence-electron chi connectivity index (χ1n) is 5.41. The van der Waals surface area contributed by atoms with Gasteiger partial charge in [-0.25, -0.2) is 4.79 Å². The zero-order valence-corrected chi connectivity index (χ0v) is 11.5. The third-order valence-corrected chi connectivity index (χ3v) is 4.32. The minimum Gasteiger partial charge on any atom is -0.497 e. The van der Waals surface area contributed by atoms with E-state index in [2.05, 4.69) is 0 Å². The SMILES string of the molecule is COc1ccc(CN2C(=S)SC[C@H]2C(=O)O)cc1. The van der Waals surface area contributed by atoms with Crippen LogP contribution in [0, 0.1) is 0 Å². The maximum absolute atomic E-state index is 11.1. The largest absolute Gasteiger partial charge is 0.497 e. The Labute approximate surface area is 115 Å². The number of hydrogen-bond acceptors (Lipinski definition) is 4. The summed E-state index contributed by atoms with van der Waals surface area (Å²) in [6.45, 7) is 0.521. The highest BCUT2D eigenvalue weighted by atomic mass is 32.2. The van der Waals surface area contributed by atoms with Gasteiger partial charge in [-0.15, -0.1) is 0 Å². The van der Waals surface area contributed by atoms with Gasteiger partial charge in [-0.2, -0.15) is 0 Å². The van der Waals surface area contributed by atoms with E-state index in [9.17, 15) is 4.79 Å². The molecule has 1 aliphatic rings. The summed E-state index contributed by atoms with van der Waals surface area (Å²) in [7, 11) is 1.61. The molecule has 1 aromatic carbocycles. The fourth-order valence-electron chi connectivity index (χ4n) is 1.76. The van der Waals surface area contributed by atoms with Crippen molar-refractivity contribution in [2.45, 2.75) is 12.6 Å². The molecule has 1 aromatic rings. The maximum atomic E-state index is 11.1. The van der Waals surface area contributed by atoms with Crippen molar-refractivity contribution in [2.75, 3.05) is 12.9 Å². The number of nitrogens with zero attached hydrogens (tertiary/aromatic N) is 1. The summed E-state index contributed by atoms with van der Waals surface area (Å²) in [6, 6.07) is 7.03. The summed E-state index contributed by atoms with van der Waals surface area (Å²) in [5.74, 6) is 0.479. The first kappa shape index (κ1) is 13.2. The van der Waals surface area contributed by atoms with E-state index in [0.717, 1.165) is 11.3 Å². The van der Waals surface area contributed by atoms with Crippen molar-refractivity contribution in [1.29, 1.82) is 0 Å². The van der Waals surface area contributed by atoms with Gasteiger partial charge in [-0.3, -0.25) is 0 Å². The normalized spacial score (nSPS) is 19.1. The number of thioether (sulfide) groups is 1. The molecule has 0 radical (unpaired) electrons. The Morgan fingerprint density at radius 2 is 2.22 bits per heavy atom. The number of carboxylic acids is 1. The van der Waals surface area contributed by atoms with Gasteiger partial charge >= 0.3 is 5.97 Å². The molecule has 96 valence electrons. The van der Waals surface area contributed by atoms with E-state index in [1.165, 1.54) is 11.8 Å². The van der Waals surface area contributed by atoms with Gasteiger partial charge in [0.05, 0.1) is 7.11 Å². The van der Waals surface area contributed by atoms with Crippen LogP contribution in [-0.4, -0.2) is 39.2 Å². The average Bonchev–Trinajstić information content (AvgIpc) is 2.72. The van der Waals surface area contributed by atoms with E-state index in [1.807, 2.05) is 24.3 Å². The molecule has 0 aliphatic carbocycles. The van der Waals surface area contributed by atoms with Crippen LogP contribution in [0.15, 0.2) is 24.3 Å². The highest BCUT2D eigenvalue weighted by Crippen LogP contribution is 2.26. The zero-order valence-electron chi connectivity index (χ0n) is 9.83. The Morgan fingerprint density at radius 1 is 1.56 bits per heavy atom. The van der Waals surface area contributed by atoms with Crippen LogP contribution in [0.3, 0.4) is 0 Å². The zero-order chi connectivity index (χ0) is 13.1. The molecular weight excluding hydrogens is 270 g/mol. The molecule has 0 saturated carbocycles. The molecule has 0 amide bonds. The first-order valence-corrected chi connectivity index (χ1v) is 6.80. The minimum atomic E-state index is -0.823. The number of benzene rings is 1. The molecule has 0 bridgehead atoms. The fraction of sp³-hybridized carbons (Fsp3) is 0.333. The van der Waals surface area contributed by atoms with Crippen molar-refractivity contribution in [2.24, 2.45) is 0 Å². The molecule has 1 aliphatic heterocycles. The van der Waals surface area contributed by atoms with Crippen molar-refractivity contribution >= 4 is 34.3 Å². The van der Waals surface area contributed by atoms with Crippen LogP contribution < -0.4 is 4.74 Å². The molecule has 18 heavy (non-hydrogen) atoms. The second kappa shape index (κ2) is 5.58. The predicted molar refractivity (Wildman–Crippen MR) is 75.0 cm³/mol. The maximum Gasteiger partial charge on any atom is 0.327 e. The lowest BCUT2D eigenvalue weighted by Gasteiger charge is -2.22. The van der Waals surface area contributed by atoms with E-state index < -0.39 is 12.0 Å². The van der Waals surface area contributed by atoms with Crippen LogP contribution >= 0.6 is 24.0 Å². The summed E-state index contributed by atoms with van der Waals surface area (Å²) in [6.07, 6.45) is 0. The van der Waals surface area contributed by atoms with Gasteiger partial charge < -0.3 is 14.7 Å². The van der Waals surface area contributed by atoms with Gasteiger partial charge in [0.25, 0.3) is 0 Å². The van der Waals surface area contributed by atoms with E-state index in [1.54, 1.807) is 12.0 Å². The number of rotatable bonds is 4. The summed E-state index contributed by atoms with van der Waals surface area (Å²) < 4.78 is 5.73. The number of carboxylic acid groups (broad SMARTS) is 1. The molecule has 1 N–H and O–H groups in total. The van der Waals surface area contributed by atoms with E-state index in [0.29, 0.717) is 16.6 Å². The molecule has 1 fully saturated rings. The highest BCUT2D eigenvalue weighted by Gasteiger charge is 2.34. The Hall–Kier alpha value is -1.27. The molecule has 6 heteroatoms. The van der Waals surface area contributed by atoms with E-state index in [4.69, 9.17) is 22.1 Å². The molecular formula is C12H13NO3S2. The molecule has 0 aromatic heterocycles. The van der Waals surface area contributed by atoms with Crippen LogP contribution in [0.2, 0.25) is 0 Å². The first-order chi connectivity index (χ1) is 8.61. The second-order valence-corrected chi connectivity index (χ2v) is 5.56. The molecule has 0 spiro atoms. The predicted octanol–water partition coefficient (Wildman–Crippen LogP) is 1.98. The van der Waals surface area contributed by atoms with Crippen molar-refractivity contribution in [3.63, 3.8) is 0 Å². The van der Waals surface area contributed by atoms with E-state index in [-0.39, 0.29) is 0 Å². The van der Waals surface area contributed by atoms with Crippen LogP contribution in [0.5, 0.6) is 5.75 Å². The van der Waals surface area contributed by atoms with Gasteiger partial charge in [0.15, 0.2) is 0 Å². The smallest absolute Gasteiger partial charge is 0.327 e. The number of carbonyl (C=O) groups is 1. The average molecular weight is 283 g/mol. The van der Waals surface area contributed by atoms with Crippen molar-refractivity contribution in [1.82, 2.24) is 4.90 Å². The topological polar surface area (TPSA) is 49.8 Å². The molecule has 1 atom stereocenters. The number of thiocarbonyl (C=S) groups is 1. The number of ether oxygens (including phenoxy) is 1. The summed E-state index contributed by atoms with van der Waals surface area (Å²) >= 11 is 6.61. The van der Waals surface area contributed by atoms with Crippen molar-refractivity contribution in [3.05, 3.63) is 29.8 Å². The Balaban J connectivity index is 2.11. The van der Waals surface area contributed by atoms with Crippen LogP contribution in [-0.2, 0) is 11.3 Å². The van der Waals surface area contributed by atoms with Crippen LogP contribution in [0.1, 0.15) is 5.56 Å². The van der Waals surface area contributed by atoms with Crippen LogP contribution in [0.25, 0.3) is 0 Å². The standard InChI is InChI=1S/C12H13NO3S2/c1-16-9-4-2-8(3-5-9)6-13-10(11(14)15)7-18-12(13)17/h2-5,10H,6-7H2,1H3,(H,14,15)/t10-/m0/s1. The molecule has 1 heterocycles. The number of hydrogen-bond donors (Lipinski definition) is 1. The van der Waals surface area contributed by atoms with Gasteiger partial charge in [-0.1, -0.05) is 36.1 Å². The van der Waals surface area contributed by atoms with Gasteiger partial charge in [-0.05, 0) is 17.7 Å². The monoisotopic (exact) mass is 283 g/mol. The lowest BCUT2D eigenvalue weighted by atomic mass is 10.2.